The first-order valence-electron chi connectivity index (χ1n) is 20.2. The van der Waals surface area contributed by atoms with Crippen molar-refractivity contribution in [2.75, 3.05) is 0 Å². The van der Waals surface area contributed by atoms with E-state index in [1.807, 2.05) is 60.7 Å². The van der Waals surface area contributed by atoms with Crippen molar-refractivity contribution >= 4 is 10.9 Å². The highest BCUT2D eigenvalue weighted by Gasteiger charge is 2.53. The summed E-state index contributed by atoms with van der Waals surface area (Å²) >= 11 is 0. The minimum absolute atomic E-state index is 0.613. The zero-order valence-electron chi connectivity index (χ0n) is 32.3. The monoisotopic (exact) mass is 766 g/mol. The van der Waals surface area contributed by atoms with Crippen molar-refractivity contribution in [3.63, 3.8) is 0 Å². The molecule has 1 aliphatic heterocycles. The van der Waals surface area contributed by atoms with Gasteiger partial charge < -0.3 is 4.74 Å². The van der Waals surface area contributed by atoms with Crippen molar-refractivity contribution < 1.29 is 4.74 Å². The van der Waals surface area contributed by atoms with Gasteiger partial charge in [-0.1, -0.05) is 176 Å². The van der Waals surface area contributed by atoms with Gasteiger partial charge in [0.05, 0.1) is 16.6 Å². The van der Waals surface area contributed by atoms with Gasteiger partial charge in [-0.15, -0.1) is 0 Å². The molecule has 0 fully saturated rings. The van der Waals surface area contributed by atoms with Crippen LogP contribution in [-0.4, -0.2) is 19.9 Å². The molecule has 1 unspecified atom stereocenters. The standard InChI is InChI=1S/C55H34N4O/c1-4-17-35(18-5-1)51-49-41-25-10-12-27-43(41)55(50(49)42-26-11-14-29-46(42)56-51)44-28-13-15-30-47(44)60-48-32-31-39(34-45(48)55)38-23-16-24-40(33-38)54-58-52(36-19-6-2-7-20-36)57-53(59-54)37-21-8-3-9-22-37/h1-34H. The van der Waals surface area contributed by atoms with Crippen LogP contribution in [0.5, 0.6) is 11.5 Å². The molecule has 2 aromatic heterocycles. The molecule has 2 aliphatic rings. The van der Waals surface area contributed by atoms with E-state index < -0.39 is 5.41 Å². The minimum atomic E-state index is -0.709. The number of fused-ring (bicyclic) bond motifs is 11. The van der Waals surface area contributed by atoms with E-state index in [-0.39, 0.29) is 0 Å². The van der Waals surface area contributed by atoms with Gasteiger partial charge >= 0.3 is 0 Å². The lowest BCUT2D eigenvalue weighted by Gasteiger charge is -2.40. The summed E-state index contributed by atoms with van der Waals surface area (Å²) in [5, 5.41) is 1.12. The summed E-state index contributed by atoms with van der Waals surface area (Å²) < 4.78 is 6.87. The zero-order valence-corrected chi connectivity index (χ0v) is 32.3. The molecule has 0 saturated heterocycles. The van der Waals surface area contributed by atoms with Crippen LogP contribution in [0.4, 0.5) is 0 Å². The van der Waals surface area contributed by atoms with Crippen molar-refractivity contribution in [3.05, 3.63) is 229 Å². The minimum Gasteiger partial charge on any atom is -0.457 e. The smallest absolute Gasteiger partial charge is 0.164 e. The Bertz CT molecular complexity index is 3240. The summed E-state index contributed by atoms with van der Waals surface area (Å²) in [6.07, 6.45) is 0. The highest BCUT2D eigenvalue weighted by Crippen LogP contribution is 2.64. The second-order valence-electron chi connectivity index (χ2n) is 15.3. The fourth-order valence-electron chi connectivity index (χ4n) is 9.39. The molecule has 3 heterocycles. The molecule has 0 amide bonds. The number of ether oxygens (including phenoxy) is 1. The van der Waals surface area contributed by atoms with Gasteiger partial charge in [0.15, 0.2) is 17.5 Å². The number of rotatable bonds is 5. The Balaban J connectivity index is 1.10. The van der Waals surface area contributed by atoms with Gasteiger partial charge in [-0.05, 0) is 58.1 Å². The third kappa shape index (κ3) is 5.19. The van der Waals surface area contributed by atoms with Crippen LogP contribution in [0, 0.1) is 0 Å². The third-order valence-electron chi connectivity index (χ3n) is 12.0. The highest BCUT2D eigenvalue weighted by atomic mass is 16.5. The van der Waals surface area contributed by atoms with Gasteiger partial charge in [0.2, 0.25) is 0 Å². The molecular weight excluding hydrogens is 733 g/mol. The van der Waals surface area contributed by atoms with Crippen molar-refractivity contribution in [2.24, 2.45) is 0 Å². The first-order chi connectivity index (χ1) is 29.7. The maximum absolute atomic E-state index is 6.87. The lowest BCUT2D eigenvalue weighted by molar-refractivity contribution is 0.437. The summed E-state index contributed by atoms with van der Waals surface area (Å²) in [5.74, 6) is 3.55. The topological polar surface area (TPSA) is 60.8 Å². The molecule has 0 bridgehead atoms. The van der Waals surface area contributed by atoms with Crippen LogP contribution in [0.25, 0.3) is 78.6 Å². The average Bonchev–Trinajstić information content (AvgIpc) is 3.63. The van der Waals surface area contributed by atoms with Crippen LogP contribution in [-0.2, 0) is 5.41 Å². The lowest BCUT2D eigenvalue weighted by Crippen LogP contribution is -2.32. The van der Waals surface area contributed by atoms with Crippen LogP contribution >= 0.6 is 0 Å². The number of hydrogen-bond acceptors (Lipinski definition) is 5. The molecule has 1 atom stereocenters. The van der Waals surface area contributed by atoms with Gasteiger partial charge in [0.25, 0.3) is 0 Å². The summed E-state index contributed by atoms with van der Waals surface area (Å²) in [6.45, 7) is 0. The van der Waals surface area contributed by atoms with Crippen molar-refractivity contribution in [2.45, 2.75) is 5.41 Å². The molecule has 60 heavy (non-hydrogen) atoms. The highest BCUT2D eigenvalue weighted by molar-refractivity contribution is 6.04. The number of aromatic nitrogens is 4. The lowest BCUT2D eigenvalue weighted by atomic mass is 9.65. The molecule has 5 nitrogen and oxygen atoms in total. The predicted molar refractivity (Wildman–Crippen MR) is 240 cm³/mol. The molecule has 10 aromatic rings. The fourth-order valence-corrected chi connectivity index (χ4v) is 9.39. The van der Waals surface area contributed by atoms with Crippen LogP contribution < -0.4 is 4.74 Å². The number of hydrogen-bond donors (Lipinski definition) is 0. The zero-order chi connectivity index (χ0) is 39.6. The summed E-state index contributed by atoms with van der Waals surface area (Å²) in [7, 11) is 0. The van der Waals surface area contributed by atoms with Gasteiger partial charge in [0, 0.05) is 44.3 Å². The largest absolute Gasteiger partial charge is 0.457 e. The summed E-state index contributed by atoms with van der Waals surface area (Å²) in [4.78, 5) is 20.4. The van der Waals surface area contributed by atoms with E-state index in [2.05, 4.69) is 146 Å². The first kappa shape index (κ1) is 34.1. The Morgan fingerprint density at radius 1 is 0.350 bits per heavy atom. The normalized spacial score (nSPS) is 14.5. The molecule has 0 N–H and O–H groups in total. The molecule has 12 rings (SSSR count). The molecule has 0 saturated carbocycles. The van der Waals surface area contributed by atoms with Crippen LogP contribution in [0.1, 0.15) is 22.3 Å². The molecule has 8 aromatic carbocycles. The van der Waals surface area contributed by atoms with E-state index >= 15 is 0 Å². The van der Waals surface area contributed by atoms with E-state index in [1.54, 1.807) is 0 Å². The van der Waals surface area contributed by atoms with Crippen molar-refractivity contribution in [1.29, 1.82) is 0 Å². The Morgan fingerprint density at radius 3 is 1.62 bits per heavy atom. The molecule has 0 radical (unpaired) electrons. The van der Waals surface area contributed by atoms with Gasteiger partial charge in [-0.2, -0.15) is 0 Å². The maximum Gasteiger partial charge on any atom is 0.164 e. The number of pyridine rings is 1. The van der Waals surface area contributed by atoms with Gasteiger partial charge in [-0.25, -0.2) is 19.9 Å². The Hall–Kier alpha value is -8.02. The molecule has 1 aliphatic carbocycles. The summed E-state index contributed by atoms with van der Waals surface area (Å²) in [6, 6.07) is 71.9. The van der Waals surface area contributed by atoms with Crippen LogP contribution in [0.3, 0.4) is 0 Å². The molecule has 5 heteroatoms. The Labute approximate surface area is 347 Å². The quantitative estimate of drug-likeness (QED) is 0.175. The van der Waals surface area contributed by atoms with Crippen LogP contribution in [0.2, 0.25) is 0 Å². The SMILES string of the molecule is c1ccc(-c2nc(-c3ccccc3)nc(-c3cccc(-c4ccc5c(c4)C4(c6ccccc6O5)c5ccccc5-c5c(-c6ccccc6)nc6ccccc6c54)c3)n2)cc1. The van der Waals surface area contributed by atoms with E-state index in [0.717, 1.165) is 78.2 Å². The third-order valence-corrected chi connectivity index (χ3v) is 12.0. The number of nitrogens with zero attached hydrogens (tertiary/aromatic N) is 4. The number of para-hydroxylation sites is 2. The molecule has 1 spiro atoms. The maximum atomic E-state index is 6.87. The Morgan fingerprint density at radius 2 is 0.883 bits per heavy atom. The Kier molecular flexibility index (Phi) is 7.69. The summed E-state index contributed by atoms with van der Waals surface area (Å²) in [5.41, 5.74) is 14.2. The fraction of sp³-hybridized carbons (Fsp3) is 0.0182. The second-order valence-corrected chi connectivity index (χ2v) is 15.3. The van der Waals surface area contributed by atoms with E-state index in [1.165, 1.54) is 16.7 Å². The number of benzene rings is 8. The van der Waals surface area contributed by atoms with Crippen molar-refractivity contribution in [3.8, 4) is 79.2 Å². The molecular formula is C55H34N4O. The molecule has 280 valence electrons. The van der Waals surface area contributed by atoms with Gasteiger partial charge in [0.1, 0.15) is 11.5 Å². The predicted octanol–water partition coefficient (Wildman–Crippen LogP) is 13.2. The second kappa shape index (κ2) is 13.5. The first-order valence-corrected chi connectivity index (χ1v) is 20.2. The van der Waals surface area contributed by atoms with E-state index in [0.29, 0.717) is 17.5 Å². The van der Waals surface area contributed by atoms with E-state index in [4.69, 9.17) is 24.7 Å². The average molecular weight is 767 g/mol. The van der Waals surface area contributed by atoms with Crippen LogP contribution in [0.15, 0.2) is 206 Å². The van der Waals surface area contributed by atoms with Gasteiger partial charge in [-0.3, -0.25) is 0 Å². The van der Waals surface area contributed by atoms with E-state index in [9.17, 15) is 0 Å². The van der Waals surface area contributed by atoms with Crippen molar-refractivity contribution in [1.82, 2.24) is 19.9 Å².